The van der Waals surface area contributed by atoms with Gasteiger partial charge in [-0.3, -0.25) is 9.59 Å². The van der Waals surface area contributed by atoms with E-state index < -0.39 is 6.04 Å². The molecule has 1 aliphatic heterocycles. The Hall–Kier alpha value is -1.14. The van der Waals surface area contributed by atoms with Crippen molar-refractivity contribution in [3.63, 3.8) is 0 Å². The molecule has 1 rings (SSSR count). The molecule has 0 aliphatic carbocycles. The molecule has 0 saturated carbocycles. The van der Waals surface area contributed by atoms with Crippen molar-refractivity contribution in [3.8, 4) is 0 Å². The Balaban J connectivity index is 2.67. The maximum atomic E-state index is 12.1. The van der Waals surface area contributed by atoms with Crippen LogP contribution in [-0.4, -0.2) is 55.6 Å². The van der Waals surface area contributed by atoms with E-state index in [0.29, 0.717) is 26.2 Å². The zero-order valence-electron chi connectivity index (χ0n) is 11.1. The minimum atomic E-state index is -0.521. The summed E-state index contributed by atoms with van der Waals surface area (Å²) in [4.78, 5) is 25.7. The Morgan fingerprint density at radius 2 is 2.28 bits per heavy atom. The van der Waals surface area contributed by atoms with Crippen LogP contribution in [-0.2, 0) is 14.3 Å². The molecule has 0 bridgehead atoms. The molecule has 0 aromatic carbocycles. The van der Waals surface area contributed by atoms with E-state index in [9.17, 15) is 9.59 Å². The normalized spacial score (nSPS) is 21.5. The average Bonchev–Trinajstić information content (AvgIpc) is 2.43. The van der Waals surface area contributed by atoms with E-state index in [2.05, 4.69) is 5.32 Å². The fourth-order valence-electron chi connectivity index (χ4n) is 1.83. The smallest absolute Gasteiger partial charge is 0.245 e. The summed E-state index contributed by atoms with van der Waals surface area (Å²) >= 11 is 0. The first kappa shape index (κ1) is 14.9. The van der Waals surface area contributed by atoms with Crippen LogP contribution in [0.1, 0.15) is 20.3 Å². The Bertz CT molecular complexity index is 296. The van der Waals surface area contributed by atoms with Gasteiger partial charge in [-0.2, -0.15) is 0 Å². The molecule has 6 nitrogen and oxygen atoms in total. The summed E-state index contributed by atoms with van der Waals surface area (Å²) in [6.07, 6.45) is 0.868. The summed E-state index contributed by atoms with van der Waals surface area (Å²) in [7, 11) is 0. The molecule has 1 aliphatic rings. The molecule has 1 fully saturated rings. The zero-order chi connectivity index (χ0) is 13.5. The summed E-state index contributed by atoms with van der Waals surface area (Å²) < 4.78 is 5.29. The van der Waals surface area contributed by atoms with Crippen LogP contribution in [0.15, 0.2) is 0 Å². The predicted octanol–water partition coefficient (Wildman–Crippen LogP) is -0.665. The molecule has 2 unspecified atom stereocenters. The molecule has 2 atom stereocenters. The quantitative estimate of drug-likeness (QED) is 0.684. The summed E-state index contributed by atoms with van der Waals surface area (Å²) in [5.74, 6) is -0.476. The molecule has 1 heterocycles. The number of rotatable bonds is 5. The standard InChI is InChI=1S/C12H23N3O3/c1-3-4-14-11(16)10-8-18-6-5-15(10)12(17)9(2)7-13/h9-10H,3-8,13H2,1-2H3,(H,14,16). The highest BCUT2D eigenvalue weighted by molar-refractivity contribution is 5.88. The van der Waals surface area contributed by atoms with Crippen molar-refractivity contribution in [2.24, 2.45) is 11.7 Å². The van der Waals surface area contributed by atoms with Gasteiger partial charge in [0, 0.05) is 25.6 Å². The van der Waals surface area contributed by atoms with Gasteiger partial charge in [-0.05, 0) is 6.42 Å². The van der Waals surface area contributed by atoms with Crippen molar-refractivity contribution >= 4 is 11.8 Å². The van der Waals surface area contributed by atoms with Crippen LogP contribution in [0.4, 0.5) is 0 Å². The Morgan fingerprint density at radius 3 is 2.89 bits per heavy atom. The number of hydrogen-bond donors (Lipinski definition) is 2. The van der Waals surface area contributed by atoms with Gasteiger partial charge in [-0.15, -0.1) is 0 Å². The monoisotopic (exact) mass is 257 g/mol. The van der Waals surface area contributed by atoms with Crippen LogP contribution < -0.4 is 11.1 Å². The van der Waals surface area contributed by atoms with Gasteiger partial charge in [-0.1, -0.05) is 13.8 Å². The lowest BCUT2D eigenvalue weighted by atomic mass is 10.1. The number of carbonyl (C=O) groups excluding carboxylic acids is 2. The highest BCUT2D eigenvalue weighted by Gasteiger charge is 2.34. The molecule has 0 aromatic heterocycles. The van der Waals surface area contributed by atoms with Crippen molar-refractivity contribution in [2.75, 3.05) is 32.8 Å². The van der Waals surface area contributed by atoms with Crippen LogP contribution in [0.25, 0.3) is 0 Å². The molecule has 2 amide bonds. The molecule has 6 heteroatoms. The Morgan fingerprint density at radius 1 is 1.56 bits per heavy atom. The second kappa shape index (κ2) is 7.33. The van der Waals surface area contributed by atoms with Crippen molar-refractivity contribution in [3.05, 3.63) is 0 Å². The first-order valence-corrected chi connectivity index (χ1v) is 6.47. The van der Waals surface area contributed by atoms with Crippen molar-refractivity contribution in [1.82, 2.24) is 10.2 Å². The minimum Gasteiger partial charge on any atom is -0.377 e. The van der Waals surface area contributed by atoms with E-state index in [0.717, 1.165) is 6.42 Å². The fraction of sp³-hybridized carbons (Fsp3) is 0.833. The van der Waals surface area contributed by atoms with E-state index in [-0.39, 0.29) is 24.3 Å². The van der Waals surface area contributed by atoms with Gasteiger partial charge in [0.15, 0.2) is 0 Å². The highest BCUT2D eigenvalue weighted by atomic mass is 16.5. The van der Waals surface area contributed by atoms with Crippen LogP contribution in [0.3, 0.4) is 0 Å². The molecule has 3 N–H and O–H groups in total. The molecule has 0 spiro atoms. The van der Waals surface area contributed by atoms with E-state index >= 15 is 0 Å². The van der Waals surface area contributed by atoms with Gasteiger partial charge < -0.3 is 20.7 Å². The lowest BCUT2D eigenvalue weighted by Crippen LogP contribution is -2.57. The van der Waals surface area contributed by atoms with Crippen molar-refractivity contribution in [2.45, 2.75) is 26.3 Å². The van der Waals surface area contributed by atoms with E-state index in [1.54, 1.807) is 11.8 Å². The lowest BCUT2D eigenvalue weighted by molar-refractivity contribution is -0.151. The van der Waals surface area contributed by atoms with Gasteiger partial charge >= 0.3 is 0 Å². The van der Waals surface area contributed by atoms with Gasteiger partial charge in [0.25, 0.3) is 0 Å². The molecular formula is C12H23N3O3. The Kier molecular flexibility index (Phi) is 6.07. The zero-order valence-corrected chi connectivity index (χ0v) is 11.1. The predicted molar refractivity (Wildman–Crippen MR) is 67.8 cm³/mol. The summed E-state index contributed by atoms with van der Waals surface area (Å²) in [5.41, 5.74) is 5.50. The van der Waals surface area contributed by atoms with Gasteiger partial charge in [0.1, 0.15) is 6.04 Å². The van der Waals surface area contributed by atoms with Crippen LogP contribution in [0, 0.1) is 5.92 Å². The number of morpholine rings is 1. The summed E-state index contributed by atoms with van der Waals surface area (Å²) in [5, 5.41) is 2.80. The van der Waals surface area contributed by atoms with Crippen molar-refractivity contribution in [1.29, 1.82) is 0 Å². The molecule has 18 heavy (non-hydrogen) atoms. The third-order valence-corrected chi connectivity index (χ3v) is 3.04. The molecule has 0 aromatic rings. The average molecular weight is 257 g/mol. The number of carbonyl (C=O) groups is 2. The molecular weight excluding hydrogens is 234 g/mol. The van der Waals surface area contributed by atoms with E-state index in [1.165, 1.54) is 0 Å². The molecule has 104 valence electrons. The first-order valence-electron chi connectivity index (χ1n) is 6.47. The largest absolute Gasteiger partial charge is 0.377 e. The lowest BCUT2D eigenvalue weighted by Gasteiger charge is -2.36. The van der Waals surface area contributed by atoms with Crippen molar-refractivity contribution < 1.29 is 14.3 Å². The van der Waals surface area contributed by atoms with Crippen LogP contribution in [0.2, 0.25) is 0 Å². The third kappa shape index (κ3) is 3.68. The first-order chi connectivity index (χ1) is 8.61. The number of nitrogens with one attached hydrogen (secondary N) is 1. The minimum absolute atomic E-state index is 0.0718. The fourth-order valence-corrected chi connectivity index (χ4v) is 1.83. The second-order valence-electron chi connectivity index (χ2n) is 4.55. The second-order valence-corrected chi connectivity index (χ2v) is 4.55. The summed E-state index contributed by atoms with van der Waals surface area (Å²) in [6.45, 7) is 5.85. The molecule has 1 saturated heterocycles. The number of nitrogens with zero attached hydrogens (tertiary/aromatic N) is 1. The maximum absolute atomic E-state index is 12.1. The van der Waals surface area contributed by atoms with Crippen LogP contribution >= 0.6 is 0 Å². The number of amides is 2. The number of ether oxygens (including phenoxy) is 1. The van der Waals surface area contributed by atoms with Gasteiger partial charge in [-0.25, -0.2) is 0 Å². The molecule has 0 radical (unpaired) electrons. The Labute approximate surface area is 108 Å². The van der Waals surface area contributed by atoms with E-state index in [4.69, 9.17) is 10.5 Å². The van der Waals surface area contributed by atoms with E-state index in [1.807, 2.05) is 6.92 Å². The SMILES string of the molecule is CCCNC(=O)C1COCCN1C(=O)C(C)CN. The number of nitrogens with two attached hydrogens (primary N) is 1. The summed E-state index contributed by atoms with van der Waals surface area (Å²) in [6, 6.07) is -0.521. The third-order valence-electron chi connectivity index (χ3n) is 3.04. The highest BCUT2D eigenvalue weighted by Crippen LogP contribution is 2.11. The topological polar surface area (TPSA) is 84.7 Å². The van der Waals surface area contributed by atoms with Gasteiger partial charge in [0.2, 0.25) is 11.8 Å². The van der Waals surface area contributed by atoms with Gasteiger partial charge in [0.05, 0.1) is 13.2 Å². The van der Waals surface area contributed by atoms with Crippen LogP contribution in [0.5, 0.6) is 0 Å². The number of hydrogen-bond acceptors (Lipinski definition) is 4. The maximum Gasteiger partial charge on any atom is 0.245 e.